The maximum Gasteiger partial charge on any atom is 0.105 e. The summed E-state index contributed by atoms with van der Waals surface area (Å²) in [6.45, 7) is 6.44. The summed E-state index contributed by atoms with van der Waals surface area (Å²) in [6.07, 6.45) is 8.26. The molecule has 158 valence electrons. The van der Waals surface area contributed by atoms with Gasteiger partial charge in [-0.1, -0.05) is 108 Å². The van der Waals surface area contributed by atoms with Crippen LogP contribution in [0.3, 0.4) is 0 Å². The van der Waals surface area contributed by atoms with E-state index in [1.165, 1.54) is 56.9 Å². The normalized spacial score (nSPS) is 15.7. The Hall–Kier alpha value is -2.16. The van der Waals surface area contributed by atoms with Gasteiger partial charge in [0.15, 0.2) is 0 Å². The molecule has 0 amide bonds. The van der Waals surface area contributed by atoms with Crippen molar-refractivity contribution in [2.45, 2.75) is 31.3 Å². The molecule has 0 bridgehead atoms. The molecule has 0 aliphatic carbocycles. The molecular weight excluding hydrogens is 412 g/mol. The molecule has 0 atom stereocenters. The van der Waals surface area contributed by atoms with Crippen molar-refractivity contribution < 1.29 is 0 Å². The maximum absolute atomic E-state index is 2.41. The Kier molecular flexibility index (Phi) is 7.09. The van der Waals surface area contributed by atoms with Crippen molar-refractivity contribution in [3.05, 3.63) is 124 Å². The first-order valence-electron chi connectivity index (χ1n) is 10.9. The fourth-order valence-corrected chi connectivity index (χ4v) is 6.94. The van der Waals surface area contributed by atoms with Crippen LogP contribution in [0.5, 0.6) is 0 Å². The molecule has 0 N–H and O–H groups in total. The predicted molar refractivity (Wildman–Crippen MR) is 141 cm³/mol. The molecule has 0 spiro atoms. The van der Waals surface area contributed by atoms with Crippen molar-refractivity contribution in [1.29, 1.82) is 0 Å². The van der Waals surface area contributed by atoms with Crippen LogP contribution in [0.15, 0.2) is 91.0 Å². The van der Waals surface area contributed by atoms with E-state index >= 15 is 0 Å². The second kappa shape index (κ2) is 9.97. The highest BCUT2D eigenvalue weighted by molar-refractivity contribution is 8.18. The number of benzene rings is 3. The van der Waals surface area contributed by atoms with Gasteiger partial charge in [-0.3, -0.25) is 0 Å². The Labute approximate surface area is 195 Å². The Morgan fingerprint density at radius 2 is 1.13 bits per heavy atom. The second-order valence-corrected chi connectivity index (χ2v) is 11.2. The van der Waals surface area contributed by atoms with Gasteiger partial charge in [-0.2, -0.15) is 0 Å². The number of rotatable bonds is 5. The highest BCUT2D eigenvalue weighted by Crippen LogP contribution is 2.51. The highest BCUT2D eigenvalue weighted by Gasteiger charge is 2.32. The van der Waals surface area contributed by atoms with E-state index in [1.807, 2.05) is 0 Å². The molecule has 31 heavy (non-hydrogen) atoms. The van der Waals surface area contributed by atoms with Gasteiger partial charge >= 0.3 is 0 Å². The summed E-state index contributed by atoms with van der Waals surface area (Å²) in [5, 5.41) is 0. The van der Waals surface area contributed by atoms with E-state index in [2.05, 4.69) is 135 Å². The van der Waals surface area contributed by atoms with E-state index in [4.69, 9.17) is 0 Å². The molecule has 3 aromatic rings. The summed E-state index contributed by atoms with van der Waals surface area (Å²) in [4.78, 5) is 0. The van der Waals surface area contributed by atoms with Crippen molar-refractivity contribution in [1.82, 2.24) is 0 Å². The molecule has 4 rings (SSSR count). The zero-order valence-corrected chi connectivity index (χ0v) is 20.2. The van der Waals surface area contributed by atoms with Crippen LogP contribution in [0.25, 0.3) is 5.57 Å². The largest absolute Gasteiger partial charge is 0.135 e. The molecule has 2 heteroatoms. The lowest BCUT2D eigenvalue weighted by Crippen LogP contribution is -2.20. The quantitative estimate of drug-likeness (QED) is 0.364. The van der Waals surface area contributed by atoms with E-state index in [-0.39, 0.29) is 4.08 Å². The molecule has 1 fully saturated rings. The van der Waals surface area contributed by atoms with Gasteiger partial charge in [0, 0.05) is 0 Å². The Balaban J connectivity index is 1.72. The monoisotopic (exact) mass is 442 g/mol. The first-order valence-corrected chi connectivity index (χ1v) is 12.9. The summed E-state index contributed by atoms with van der Waals surface area (Å²) in [5.41, 5.74) is 9.06. The van der Waals surface area contributed by atoms with E-state index in [0.29, 0.717) is 0 Å². The van der Waals surface area contributed by atoms with Crippen molar-refractivity contribution in [2.75, 3.05) is 11.5 Å². The highest BCUT2D eigenvalue weighted by atomic mass is 32.2. The summed E-state index contributed by atoms with van der Waals surface area (Å²) in [5.74, 6) is 2.41. The number of hydrogen-bond donors (Lipinski definition) is 0. The topological polar surface area (TPSA) is 0 Å². The first kappa shape index (κ1) is 22.0. The van der Waals surface area contributed by atoms with Gasteiger partial charge in [-0.25, -0.2) is 0 Å². The number of aryl methyl sites for hydroxylation is 3. The SMILES string of the molecule is Cc1ccc(C(=CC=CC2(c3ccc(C)cc3)SCCCS2)c2ccc(C)cc2)cc1. The Bertz CT molecular complexity index is 1000. The van der Waals surface area contributed by atoms with Crippen molar-refractivity contribution in [3.8, 4) is 0 Å². The smallest absolute Gasteiger partial charge is 0.105 e. The Morgan fingerprint density at radius 3 is 1.61 bits per heavy atom. The third-order valence-electron chi connectivity index (χ3n) is 5.68. The number of hydrogen-bond acceptors (Lipinski definition) is 2. The van der Waals surface area contributed by atoms with E-state index in [1.54, 1.807) is 0 Å². The molecule has 1 heterocycles. The molecule has 0 aromatic heterocycles. The van der Waals surface area contributed by atoms with Crippen LogP contribution >= 0.6 is 23.5 Å². The van der Waals surface area contributed by atoms with Crippen LogP contribution in [-0.4, -0.2) is 11.5 Å². The summed E-state index contributed by atoms with van der Waals surface area (Å²) < 4.78 is -0.00584. The summed E-state index contributed by atoms with van der Waals surface area (Å²) in [7, 11) is 0. The number of allylic oxidation sites excluding steroid dienone is 2. The summed E-state index contributed by atoms with van der Waals surface area (Å²) in [6, 6.07) is 26.8. The molecule has 0 saturated carbocycles. The summed E-state index contributed by atoms with van der Waals surface area (Å²) >= 11 is 4.13. The minimum absolute atomic E-state index is 0.00584. The lowest BCUT2D eigenvalue weighted by molar-refractivity contribution is 1.03. The minimum Gasteiger partial charge on any atom is -0.135 e. The van der Waals surface area contributed by atoms with Gasteiger partial charge in [0.2, 0.25) is 0 Å². The molecule has 0 unspecified atom stereocenters. The first-order chi connectivity index (χ1) is 15.1. The molecular formula is C29H30S2. The molecule has 3 aromatic carbocycles. The predicted octanol–water partition coefficient (Wildman–Crippen LogP) is 8.32. The second-order valence-electron chi connectivity index (χ2n) is 8.26. The van der Waals surface area contributed by atoms with Gasteiger partial charge in [-0.05, 0) is 61.0 Å². The van der Waals surface area contributed by atoms with Crippen LogP contribution in [0.2, 0.25) is 0 Å². The zero-order valence-electron chi connectivity index (χ0n) is 18.6. The lowest BCUT2D eigenvalue weighted by Gasteiger charge is -2.34. The van der Waals surface area contributed by atoms with Crippen LogP contribution in [0.4, 0.5) is 0 Å². The standard InChI is InChI=1S/C29H30S2/c1-22-7-13-25(14-8-22)28(26-15-9-23(2)10-16-26)6-4-19-29(30-20-5-21-31-29)27-17-11-24(3)12-18-27/h4,6-19H,5,20-21H2,1-3H3. The molecule has 0 radical (unpaired) electrons. The fraction of sp³-hybridized carbons (Fsp3) is 0.241. The van der Waals surface area contributed by atoms with E-state index in [9.17, 15) is 0 Å². The lowest BCUT2D eigenvalue weighted by atomic mass is 9.96. The van der Waals surface area contributed by atoms with Crippen LogP contribution in [0, 0.1) is 20.8 Å². The van der Waals surface area contributed by atoms with Crippen molar-refractivity contribution in [2.24, 2.45) is 0 Å². The van der Waals surface area contributed by atoms with E-state index < -0.39 is 0 Å². The van der Waals surface area contributed by atoms with Gasteiger partial charge in [0.25, 0.3) is 0 Å². The average Bonchev–Trinajstić information content (AvgIpc) is 2.79. The van der Waals surface area contributed by atoms with Gasteiger partial charge in [0.05, 0.1) is 0 Å². The average molecular weight is 443 g/mol. The van der Waals surface area contributed by atoms with Crippen molar-refractivity contribution in [3.63, 3.8) is 0 Å². The fourth-order valence-electron chi connectivity index (χ4n) is 3.79. The molecule has 1 aliphatic rings. The van der Waals surface area contributed by atoms with Crippen LogP contribution in [-0.2, 0) is 4.08 Å². The Morgan fingerprint density at radius 1 is 0.677 bits per heavy atom. The third-order valence-corrected chi connectivity index (χ3v) is 8.97. The molecule has 1 saturated heterocycles. The maximum atomic E-state index is 2.41. The van der Waals surface area contributed by atoms with Crippen molar-refractivity contribution >= 4 is 29.1 Å². The molecule has 0 nitrogen and oxygen atoms in total. The number of thioether (sulfide) groups is 2. The van der Waals surface area contributed by atoms with Gasteiger partial charge in [-0.15, -0.1) is 23.5 Å². The van der Waals surface area contributed by atoms with Crippen LogP contribution in [0.1, 0.15) is 39.8 Å². The third kappa shape index (κ3) is 5.37. The zero-order chi connectivity index (χ0) is 21.7. The van der Waals surface area contributed by atoms with Gasteiger partial charge < -0.3 is 0 Å². The molecule has 1 aliphatic heterocycles. The minimum atomic E-state index is -0.00584. The van der Waals surface area contributed by atoms with Gasteiger partial charge in [0.1, 0.15) is 4.08 Å². The van der Waals surface area contributed by atoms with E-state index in [0.717, 1.165) is 0 Å². The van der Waals surface area contributed by atoms with Crippen LogP contribution < -0.4 is 0 Å².